The average molecular weight is 400 g/mol. The quantitative estimate of drug-likeness (QED) is 0.820. The lowest BCUT2D eigenvalue weighted by Gasteiger charge is -2.42. The lowest BCUT2D eigenvalue weighted by molar-refractivity contribution is 0.0114. The number of rotatable bonds is 3. The van der Waals surface area contributed by atoms with Gasteiger partial charge in [-0.3, -0.25) is 4.79 Å². The number of aromatic nitrogens is 1. The maximum absolute atomic E-state index is 12.4. The van der Waals surface area contributed by atoms with Gasteiger partial charge in [0.25, 0.3) is 5.91 Å². The van der Waals surface area contributed by atoms with Crippen LogP contribution < -0.4 is 11.1 Å². The Labute approximate surface area is 164 Å². The van der Waals surface area contributed by atoms with E-state index in [0.717, 1.165) is 17.1 Å². The molecule has 9 heteroatoms. The van der Waals surface area contributed by atoms with Crippen LogP contribution in [0.5, 0.6) is 0 Å². The molecule has 3 N–H and O–H groups in total. The first-order valence-electron chi connectivity index (χ1n) is 8.43. The highest BCUT2D eigenvalue weighted by molar-refractivity contribution is 8.13. The number of hydrogen-bond acceptors (Lipinski definition) is 8. The predicted octanol–water partition coefficient (Wildman–Crippen LogP) is 2.56. The van der Waals surface area contributed by atoms with Crippen molar-refractivity contribution in [2.45, 2.75) is 12.0 Å². The van der Waals surface area contributed by atoms with Crippen LogP contribution in [-0.2, 0) is 10.3 Å². The second kappa shape index (κ2) is 7.31. The van der Waals surface area contributed by atoms with E-state index in [1.54, 1.807) is 29.2 Å². The van der Waals surface area contributed by atoms with E-state index in [0.29, 0.717) is 29.6 Å². The highest BCUT2D eigenvalue weighted by atomic mass is 32.2. The molecule has 0 spiro atoms. The van der Waals surface area contributed by atoms with E-state index < -0.39 is 0 Å². The zero-order valence-electron chi connectivity index (χ0n) is 14.3. The van der Waals surface area contributed by atoms with Gasteiger partial charge in [0.2, 0.25) is 0 Å². The minimum Gasteiger partial charge on any atom is -0.381 e. The molecule has 0 saturated carbocycles. The van der Waals surface area contributed by atoms with Crippen LogP contribution in [0.2, 0.25) is 0 Å². The minimum atomic E-state index is -0.367. The molecule has 0 bridgehead atoms. The molecule has 2 aliphatic rings. The van der Waals surface area contributed by atoms with E-state index in [9.17, 15) is 4.79 Å². The topological polar surface area (TPSA) is 113 Å². The maximum atomic E-state index is 12.4. The Kier molecular flexibility index (Phi) is 4.86. The molecular weight excluding hydrogens is 382 g/mol. The van der Waals surface area contributed by atoms with Gasteiger partial charge in [-0.25, -0.2) is 9.98 Å². The van der Waals surface area contributed by atoms with Crippen molar-refractivity contribution in [2.24, 2.45) is 16.6 Å². The van der Waals surface area contributed by atoms with Crippen molar-refractivity contribution in [3.63, 3.8) is 0 Å². The Hall–Kier alpha value is -2.41. The molecule has 0 unspecified atom stereocenters. The normalized spacial score (nSPS) is 24.4. The number of carbonyl (C=O) groups excluding carboxylic acids is 1. The van der Waals surface area contributed by atoms with Crippen LogP contribution in [0.15, 0.2) is 34.8 Å². The molecule has 2 aromatic rings. The van der Waals surface area contributed by atoms with Crippen molar-refractivity contribution in [3.05, 3.63) is 45.9 Å². The molecule has 2 aliphatic heterocycles. The molecule has 2 atom stereocenters. The van der Waals surface area contributed by atoms with Gasteiger partial charge in [0.15, 0.2) is 5.17 Å². The number of nitrogens with two attached hydrogens (primary N) is 1. The monoisotopic (exact) mass is 399 g/mol. The molecule has 1 amide bonds. The van der Waals surface area contributed by atoms with Gasteiger partial charge in [0.05, 0.1) is 17.9 Å². The Balaban J connectivity index is 1.56. The van der Waals surface area contributed by atoms with E-state index in [-0.39, 0.29) is 23.1 Å². The SMILES string of the molecule is N#Cc1ccc(C(=O)Nc2csc([C@]34CCOC[C@H]3CSC(N)=N4)c2)nc1. The summed E-state index contributed by atoms with van der Waals surface area (Å²) in [6, 6.07) is 7.07. The number of carbonyl (C=O) groups is 1. The van der Waals surface area contributed by atoms with Gasteiger partial charge in [0.1, 0.15) is 17.3 Å². The summed E-state index contributed by atoms with van der Waals surface area (Å²) in [5.74, 6) is 0.836. The van der Waals surface area contributed by atoms with Crippen molar-refractivity contribution in [1.29, 1.82) is 5.26 Å². The lowest BCUT2D eigenvalue weighted by atomic mass is 9.80. The summed E-state index contributed by atoms with van der Waals surface area (Å²) in [7, 11) is 0. The fourth-order valence-corrected chi connectivity index (χ4v) is 5.41. The standard InChI is InChI=1S/C18H17N5O2S2/c19-6-11-1-2-14(21-7-11)16(24)22-13-5-15(26-10-13)18-3-4-25-8-12(18)9-27-17(20)23-18/h1-2,5,7,10,12H,3-4,8-9H2,(H2,20,23)(H,22,24)/t12-,18-/m0/s1. The van der Waals surface area contributed by atoms with Gasteiger partial charge in [0, 0.05) is 41.2 Å². The third-order valence-corrected chi connectivity index (χ3v) is 6.83. The molecule has 7 nitrogen and oxygen atoms in total. The van der Waals surface area contributed by atoms with Gasteiger partial charge >= 0.3 is 0 Å². The molecule has 1 fully saturated rings. The first-order chi connectivity index (χ1) is 13.1. The number of aliphatic imine (C=N–C) groups is 1. The zero-order valence-corrected chi connectivity index (χ0v) is 16.0. The van der Waals surface area contributed by atoms with Gasteiger partial charge in [-0.05, 0) is 18.2 Å². The maximum Gasteiger partial charge on any atom is 0.274 e. The number of amidine groups is 1. The highest BCUT2D eigenvalue weighted by Gasteiger charge is 2.46. The Morgan fingerprint density at radius 1 is 1.48 bits per heavy atom. The van der Waals surface area contributed by atoms with Crippen LogP contribution in [0.25, 0.3) is 0 Å². The Morgan fingerprint density at radius 2 is 2.37 bits per heavy atom. The smallest absolute Gasteiger partial charge is 0.274 e. The number of nitriles is 1. The lowest BCUT2D eigenvalue weighted by Crippen LogP contribution is -2.46. The van der Waals surface area contributed by atoms with E-state index in [4.69, 9.17) is 20.7 Å². The molecular formula is C18H17N5O2S2. The second-order valence-corrected chi connectivity index (χ2v) is 8.36. The third kappa shape index (κ3) is 3.43. The van der Waals surface area contributed by atoms with Crippen LogP contribution in [-0.4, -0.2) is 35.0 Å². The number of pyridine rings is 1. The number of ether oxygens (including phenoxy) is 1. The number of nitrogens with one attached hydrogen (secondary N) is 1. The van der Waals surface area contributed by atoms with E-state index in [1.165, 1.54) is 12.3 Å². The molecule has 4 heterocycles. The zero-order chi connectivity index (χ0) is 18.9. The number of hydrogen-bond donors (Lipinski definition) is 2. The van der Waals surface area contributed by atoms with E-state index in [1.807, 2.05) is 17.5 Å². The van der Waals surface area contributed by atoms with Crippen molar-refractivity contribution in [3.8, 4) is 6.07 Å². The van der Waals surface area contributed by atoms with Crippen LogP contribution in [0.1, 0.15) is 27.3 Å². The summed E-state index contributed by atoms with van der Waals surface area (Å²) >= 11 is 3.14. The number of thioether (sulfide) groups is 1. The number of fused-ring (bicyclic) bond motifs is 1. The molecule has 4 rings (SSSR count). The number of thiophene rings is 1. The Bertz CT molecular complexity index is 934. The van der Waals surface area contributed by atoms with Gasteiger partial charge < -0.3 is 15.8 Å². The van der Waals surface area contributed by atoms with E-state index >= 15 is 0 Å². The highest BCUT2D eigenvalue weighted by Crippen LogP contribution is 2.47. The molecule has 1 saturated heterocycles. The van der Waals surface area contributed by atoms with E-state index in [2.05, 4.69) is 10.3 Å². The fourth-order valence-electron chi connectivity index (χ4n) is 3.34. The first kappa shape index (κ1) is 18.0. The van der Waals surface area contributed by atoms with Crippen LogP contribution in [0.4, 0.5) is 5.69 Å². The Morgan fingerprint density at radius 3 is 3.15 bits per heavy atom. The van der Waals surface area contributed by atoms with Gasteiger partial charge in [-0.1, -0.05) is 11.8 Å². The van der Waals surface area contributed by atoms with Crippen LogP contribution in [0.3, 0.4) is 0 Å². The van der Waals surface area contributed by atoms with Crippen molar-refractivity contribution in [1.82, 2.24) is 4.98 Å². The minimum absolute atomic E-state index is 0.264. The average Bonchev–Trinajstić information content (AvgIpc) is 3.17. The van der Waals surface area contributed by atoms with Gasteiger partial charge in [-0.15, -0.1) is 11.3 Å². The van der Waals surface area contributed by atoms with Crippen LogP contribution in [0, 0.1) is 17.2 Å². The molecule has 0 aromatic carbocycles. The summed E-state index contributed by atoms with van der Waals surface area (Å²) in [6.07, 6.45) is 2.17. The molecule has 2 aromatic heterocycles. The van der Waals surface area contributed by atoms with Crippen LogP contribution >= 0.6 is 23.1 Å². The summed E-state index contributed by atoms with van der Waals surface area (Å²) < 4.78 is 5.65. The first-order valence-corrected chi connectivity index (χ1v) is 10.3. The molecule has 138 valence electrons. The second-order valence-electron chi connectivity index (χ2n) is 6.40. The fraction of sp³-hybridized carbons (Fsp3) is 0.333. The molecule has 0 aliphatic carbocycles. The molecule has 0 radical (unpaired) electrons. The van der Waals surface area contributed by atoms with Crippen molar-refractivity contribution in [2.75, 3.05) is 24.3 Å². The summed E-state index contributed by atoms with van der Waals surface area (Å²) in [4.78, 5) is 22.3. The van der Waals surface area contributed by atoms with Crippen molar-refractivity contribution < 1.29 is 9.53 Å². The summed E-state index contributed by atoms with van der Waals surface area (Å²) in [5, 5.41) is 14.2. The summed E-state index contributed by atoms with van der Waals surface area (Å²) in [6.45, 7) is 1.31. The predicted molar refractivity (Wildman–Crippen MR) is 106 cm³/mol. The number of amides is 1. The van der Waals surface area contributed by atoms with Crippen molar-refractivity contribution >= 4 is 39.9 Å². The largest absolute Gasteiger partial charge is 0.381 e. The third-order valence-electron chi connectivity index (χ3n) is 4.77. The number of anilines is 1. The summed E-state index contributed by atoms with van der Waals surface area (Å²) in [5.41, 5.74) is 7.05. The molecule has 27 heavy (non-hydrogen) atoms. The number of nitrogens with zero attached hydrogens (tertiary/aromatic N) is 3. The van der Waals surface area contributed by atoms with Gasteiger partial charge in [-0.2, -0.15) is 5.26 Å².